The highest BCUT2D eigenvalue weighted by Crippen LogP contribution is 2.32. The van der Waals surface area contributed by atoms with E-state index in [1.807, 2.05) is 30.3 Å². The third kappa shape index (κ3) is 3.77. The van der Waals surface area contributed by atoms with Gasteiger partial charge in [0.1, 0.15) is 5.82 Å². The number of fused-ring (bicyclic) bond motifs is 1. The highest BCUT2D eigenvalue weighted by Gasteiger charge is 2.33. The summed E-state index contributed by atoms with van der Waals surface area (Å²) in [6, 6.07) is 13.1. The number of nitrogens with zero attached hydrogens (tertiary/aromatic N) is 4. The molecule has 9 nitrogen and oxygen atoms in total. The van der Waals surface area contributed by atoms with Crippen LogP contribution in [0.4, 0.5) is 5.82 Å². The van der Waals surface area contributed by atoms with Crippen molar-refractivity contribution in [1.29, 1.82) is 0 Å². The summed E-state index contributed by atoms with van der Waals surface area (Å²) in [5, 5.41) is 7.35. The Hall–Kier alpha value is -3.88. The van der Waals surface area contributed by atoms with E-state index < -0.39 is 5.92 Å². The van der Waals surface area contributed by atoms with Crippen molar-refractivity contribution < 1.29 is 18.8 Å². The standard InChI is InChI=1S/C23H23N5O4/c29-20(26-8-10-27(11-9-26)23(31)19-7-4-12-32-19)13-17-15-28-21(25-22(17)30)18(14-24-28)16-5-2-1-3-6-16/h1-7,12,14,17H,8-11,13,15H2,(H,25,30)/t17-/m1/s1. The number of piperazine rings is 1. The van der Waals surface area contributed by atoms with Gasteiger partial charge in [0.2, 0.25) is 11.8 Å². The number of rotatable bonds is 4. The lowest BCUT2D eigenvalue weighted by atomic mass is 10.0. The summed E-state index contributed by atoms with van der Waals surface area (Å²) in [6.45, 7) is 2.10. The first-order valence-electron chi connectivity index (χ1n) is 10.6. The van der Waals surface area contributed by atoms with Crippen LogP contribution in [0.25, 0.3) is 11.1 Å². The Kier molecular flexibility index (Phi) is 5.22. The predicted molar refractivity (Wildman–Crippen MR) is 116 cm³/mol. The van der Waals surface area contributed by atoms with E-state index in [4.69, 9.17) is 4.42 Å². The highest BCUT2D eigenvalue weighted by atomic mass is 16.3. The lowest BCUT2D eigenvalue weighted by Crippen LogP contribution is -2.51. The maximum Gasteiger partial charge on any atom is 0.289 e. The van der Waals surface area contributed by atoms with Gasteiger partial charge < -0.3 is 19.5 Å². The summed E-state index contributed by atoms with van der Waals surface area (Å²) < 4.78 is 6.92. The van der Waals surface area contributed by atoms with Crippen molar-refractivity contribution in [3.63, 3.8) is 0 Å². The van der Waals surface area contributed by atoms with Gasteiger partial charge >= 0.3 is 0 Å². The Morgan fingerprint density at radius 2 is 1.78 bits per heavy atom. The number of nitrogens with one attached hydrogen (secondary N) is 1. The van der Waals surface area contributed by atoms with Gasteiger partial charge in [-0.25, -0.2) is 4.68 Å². The molecule has 3 amide bonds. The van der Waals surface area contributed by atoms with Crippen molar-refractivity contribution in [3.05, 3.63) is 60.7 Å². The van der Waals surface area contributed by atoms with Crippen molar-refractivity contribution in [3.8, 4) is 11.1 Å². The van der Waals surface area contributed by atoms with Gasteiger partial charge in [-0.1, -0.05) is 30.3 Å². The second-order valence-electron chi connectivity index (χ2n) is 8.00. The normalized spacial score (nSPS) is 18.2. The Balaban J connectivity index is 1.20. The average molecular weight is 433 g/mol. The van der Waals surface area contributed by atoms with E-state index in [2.05, 4.69) is 10.4 Å². The summed E-state index contributed by atoms with van der Waals surface area (Å²) in [5.41, 5.74) is 1.84. The largest absolute Gasteiger partial charge is 0.459 e. The van der Waals surface area contributed by atoms with Crippen LogP contribution in [0.15, 0.2) is 59.3 Å². The summed E-state index contributed by atoms with van der Waals surface area (Å²) >= 11 is 0. The maximum atomic E-state index is 12.9. The molecule has 2 aliphatic rings. The smallest absolute Gasteiger partial charge is 0.289 e. The predicted octanol–water partition coefficient (Wildman–Crippen LogP) is 2.09. The molecule has 3 aromatic rings. The molecule has 0 unspecified atom stereocenters. The molecule has 0 saturated carbocycles. The van der Waals surface area contributed by atoms with Gasteiger partial charge in [0.15, 0.2) is 5.76 Å². The van der Waals surface area contributed by atoms with Gasteiger partial charge in [0.25, 0.3) is 5.91 Å². The third-order valence-corrected chi connectivity index (χ3v) is 6.00. The summed E-state index contributed by atoms with van der Waals surface area (Å²) in [6.07, 6.45) is 3.32. The van der Waals surface area contributed by atoms with Crippen LogP contribution in [0.2, 0.25) is 0 Å². The van der Waals surface area contributed by atoms with Crippen molar-refractivity contribution >= 4 is 23.5 Å². The van der Waals surface area contributed by atoms with E-state index in [1.54, 1.807) is 32.8 Å². The van der Waals surface area contributed by atoms with Crippen LogP contribution in [0, 0.1) is 5.92 Å². The molecule has 5 rings (SSSR count). The quantitative estimate of drug-likeness (QED) is 0.679. The third-order valence-electron chi connectivity index (χ3n) is 6.00. The Morgan fingerprint density at radius 1 is 1.03 bits per heavy atom. The second-order valence-corrected chi connectivity index (χ2v) is 8.00. The fraction of sp³-hybridized carbons (Fsp3) is 0.304. The number of carbonyl (C=O) groups is 3. The number of hydrogen-bond donors (Lipinski definition) is 1. The molecule has 32 heavy (non-hydrogen) atoms. The first-order chi connectivity index (χ1) is 15.6. The van der Waals surface area contributed by atoms with Gasteiger partial charge in [-0.05, 0) is 17.7 Å². The number of benzene rings is 1. The number of anilines is 1. The van der Waals surface area contributed by atoms with Crippen molar-refractivity contribution in [2.75, 3.05) is 31.5 Å². The molecule has 1 atom stereocenters. The molecule has 2 aromatic heterocycles. The number of amides is 3. The molecule has 1 saturated heterocycles. The molecule has 0 bridgehead atoms. The molecule has 1 aromatic carbocycles. The zero-order chi connectivity index (χ0) is 22.1. The molecular weight excluding hydrogens is 410 g/mol. The van der Waals surface area contributed by atoms with E-state index in [-0.39, 0.29) is 24.1 Å². The van der Waals surface area contributed by atoms with Crippen LogP contribution in [0.1, 0.15) is 17.0 Å². The number of hydrogen-bond acceptors (Lipinski definition) is 5. The summed E-state index contributed by atoms with van der Waals surface area (Å²) in [7, 11) is 0. The first kappa shape index (κ1) is 20.0. The monoisotopic (exact) mass is 433 g/mol. The Labute approximate surface area is 184 Å². The van der Waals surface area contributed by atoms with Gasteiger partial charge in [0.05, 0.1) is 24.9 Å². The van der Waals surface area contributed by atoms with Gasteiger partial charge in [-0.2, -0.15) is 5.10 Å². The minimum Gasteiger partial charge on any atom is -0.459 e. The van der Waals surface area contributed by atoms with Crippen LogP contribution in [-0.2, 0) is 16.1 Å². The summed E-state index contributed by atoms with van der Waals surface area (Å²) in [5.74, 6) is 0.0447. The lowest BCUT2D eigenvalue weighted by Gasteiger charge is -2.35. The minimum absolute atomic E-state index is 0.0888. The molecule has 1 N–H and O–H groups in total. The highest BCUT2D eigenvalue weighted by molar-refractivity contribution is 5.99. The van der Waals surface area contributed by atoms with Crippen LogP contribution in [0.5, 0.6) is 0 Å². The zero-order valence-electron chi connectivity index (χ0n) is 17.4. The second kappa shape index (κ2) is 8.33. The molecule has 0 radical (unpaired) electrons. The fourth-order valence-corrected chi connectivity index (χ4v) is 4.21. The van der Waals surface area contributed by atoms with E-state index in [9.17, 15) is 14.4 Å². The molecule has 4 heterocycles. The van der Waals surface area contributed by atoms with Crippen molar-refractivity contribution in [2.24, 2.45) is 5.92 Å². The molecule has 0 aliphatic carbocycles. The first-order valence-corrected chi connectivity index (χ1v) is 10.6. The van der Waals surface area contributed by atoms with E-state index in [1.165, 1.54) is 6.26 Å². The minimum atomic E-state index is -0.485. The molecule has 2 aliphatic heterocycles. The molecule has 164 valence electrons. The van der Waals surface area contributed by atoms with Gasteiger partial charge in [0, 0.05) is 38.2 Å². The fourth-order valence-electron chi connectivity index (χ4n) is 4.21. The van der Waals surface area contributed by atoms with Crippen LogP contribution >= 0.6 is 0 Å². The van der Waals surface area contributed by atoms with Gasteiger partial charge in [-0.3, -0.25) is 14.4 Å². The van der Waals surface area contributed by atoms with Crippen LogP contribution in [-0.4, -0.2) is 63.5 Å². The number of carbonyl (C=O) groups excluding carboxylic acids is 3. The summed E-state index contributed by atoms with van der Waals surface area (Å²) in [4.78, 5) is 41.4. The van der Waals surface area contributed by atoms with Crippen LogP contribution < -0.4 is 5.32 Å². The SMILES string of the molecule is O=C1Nc2c(-c3ccccc3)cnn2C[C@H]1CC(=O)N1CCN(C(=O)c2ccco2)CC1. The molecule has 0 spiro atoms. The van der Waals surface area contributed by atoms with E-state index >= 15 is 0 Å². The molecule has 1 fully saturated rings. The number of furan rings is 1. The lowest BCUT2D eigenvalue weighted by molar-refractivity contribution is -0.136. The Morgan fingerprint density at radius 3 is 2.50 bits per heavy atom. The number of aromatic nitrogens is 2. The van der Waals surface area contributed by atoms with E-state index in [0.717, 1.165) is 11.1 Å². The average Bonchev–Trinajstić information content (AvgIpc) is 3.50. The zero-order valence-corrected chi connectivity index (χ0v) is 17.4. The van der Waals surface area contributed by atoms with Crippen molar-refractivity contribution in [1.82, 2.24) is 19.6 Å². The molecular formula is C23H23N5O4. The Bertz CT molecular complexity index is 1130. The topological polar surface area (TPSA) is 101 Å². The molecule has 9 heteroatoms. The van der Waals surface area contributed by atoms with Crippen LogP contribution in [0.3, 0.4) is 0 Å². The van der Waals surface area contributed by atoms with E-state index in [0.29, 0.717) is 44.3 Å². The van der Waals surface area contributed by atoms with Crippen molar-refractivity contribution in [2.45, 2.75) is 13.0 Å². The maximum absolute atomic E-state index is 12.9. The van der Waals surface area contributed by atoms with Gasteiger partial charge in [-0.15, -0.1) is 0 Å².